The zero-order chi connectivity index (χ0) is 12.1. The quantitative estimate of drug-likeness (QED) is 0.253. The fourth-order valence-corrected chi connectivity index (χ4v) is 2.50. The predicted octanol–water partition coefficient (Wildman–Crippen LogP) is 1.78. The number of halogens is 1. The van der Waals surface area contributed by atoms with Crippen molar-refractivity contribution >= 4 is 35.0 Å². The van der Waals surface area contributed by atoms with Crippen LogP contribution in [0.15, 0.2) is 23.1 Å². The molecule has 0 spiro atoms. The second-order valence-electron chi connectivity index (χ2n) is 3.39. The Bertz CT molecular complexity index is 386. The number of hydrogen-bond acceptors (Lipinski definition) is 4. The summed E-state index contributed by atoms with van der Waals surface area (Å²) >= 11 is 7.54. The summed E-state index contributed by atoms with van der Waals surface area (Å²) < 4.78 is 0. The normalized spacial score (nSPS) is 12.2. The van der Waals surface area contributed by atoms with Crippen molar-refractivity contribution in [2.45, 2.75) is 23.5 Å². The average Bonchev–Trinajstić information content (AvgIpc) is 2.22. The molecular weight excluding hydrogens is 246 g/mol. The minimum Gasteiger partial charge on any atom is -0.399 e. The van der Waals surface area contributed by atoms with Gasteiger partial charge in [0, 0.05) is 22.3 Å². The molecule has 1 atom stereocenters. The summed E-state index contributed by atoms with van der Waals surface area (Å²) in [5.41, 5.74) is 8.31. The lowest BCUT2D eigenvalue weighted by Crippen LogP contribution is -2.31. The number of hydrazine groups is 1. The third kappa shape index (κ3) is 3.92. The molecule has 0 bridgehead atoms. The molecule has 0 aliphatic carbocycles. The standard InChI is InChI=1S/C10H14ClN3OS/c1-6(4-10(15)14-13)16-9-3-2-7(12)5-8(9)11/h2-3,5-6H,4,12-13H2,1H3,(H,14,15). The SMILES string of the molecule is CC(CC(=O)NN)Sc1ccc(N)cc1Cl. The van der Waals surface area contributed by atoms with Gasteiger partial charge in [0.2, 0.25) is 5.91 Å². The van der Waals surface area contributed by atoms with Crippen LogP contribution in [0.3, 0.4) is 0 Å². The van der Waals surface area contributed by atoms with E-state index >= 15 is 0 Å². The molecule has 0 saturated heterocycles. The van der Waals surface area contributed by atoms with Crippen LogP contribution >= 0.6 is 23.4 Å². The van der Waals surface area contributed by atoms with Gasteiger partial charge in [-0.25, -0.2) is 5.84 Å². The monoisotopic (exact) mass is 259 g/mol. The predicted molar refractivity (Wildman–Crippen MR) is 68.1 cm³/mol. The summed E-state index contributed by atoms with van der Waals surface area (Å²) in [7, 11) is 0. The van der Waals surface area contributed by atoms with Gasteiger partial charge in [0.25, 0.3) is 0 Å². The van der Waals surface area contributed by atoms with Gasteiger partial charge in [-0.05, 0) is 18.2 Å². The average molecular weight is 260 g/mol. The van der Waals surface area contributed by atoms with Gasteiger partial charge in [0.1, 0.15) is 0 Å². The van der Waals surface area contributed by atoms with Gasteiger partial charge in [0.05, 0.1) is 5.02 Å². The summed E-state index contributed by atoms with van der Waals surface area (Å²) in [6.07, 6.45) is 0.349. The molecular formula is C10H14ClN3OS. The number of carbonyl (C=O) groups excluding carboxylic acids is 1. The molecule has 6 heteroatoms. The van der Waals surface area contributed by atoms with Crippen molar-refractivity contribution in [3.63, 3.8) is 0 Å². The third-order valence-electron chi connectivity index (χ3n) is 1.92. The first-order chi connectivity index (χ1) is 7.52. The molecule has 0 aromatic heterocycles. The van der Waals surface area contributed by atoms with Crippen molar-refractivity contribution in [2.24, 2.45) is 5.84 Å². The number of nitrogen functional groups attached to an aromatic ring is 1. The molecule has 4 nitrogen and oxygen atoms in total. The number of amides is 1. The highest BCUT2D eigenvalue weighted by Crippen LogP contribution is 2.32. The van der Waals surface area contributed by atoms with Crippen LogP contribution in [0, 0.1) is 0 Å². The van der Waals surface area contributed by atoms with Crippen molar-refractivity contribution in [3.05, 3.63) is 23.2 Å². The van der Waals surface area contributed by atoms with Gasteiger partial charge in [-0.1, -0.05) is 18.5 Å². The second-order valence-corrected chi connectivity index (χ2v) is 5.28. The Labute approximate surface area is 104 Å². The van der Waals surface area contributed by atoms with Crippen molar-refractivity contribution in [2.75, 3.05) is 5.73 Å². The molecule has 88 valence electrons. The lowest BCUT2D eigenvalue weighted by Gasteiger charge is -2.11. The maximum Gasteiger partial charge on any atom is 0.234 e. The van der Waals surface area contributed by atoms with E-state index < -0.39 is 0 Å². The van der Waals surface area contributed by atoms with Crippen LogP contribution in [0.25, 0.3) is 0 Å². The summed E-state index contributed by atoms with van der Waals surface area (Å²) in [6.45, 7) is 1.94. The van der Waals surface area contributed by atoms with Gasteiger partial charge >= 0.3 is 0 Å². The maximum absolute atomic E-state index is 11.0. The summed E-state index contributed by atoms with van der Waals surface area (Å²) in [4.78, 5) is 12.0. The maximum atomic E-state index is 11.0. The molecule has 5 N–H and O–H groups in total. The number of carbonyl (C=O) groups is 1. The van der Waals surface area contributed by atoms with E-state index in [1.165, 1.54) is 11.8 Å². The first kappa shape index (κ1) is 13.2. The van der Waals surface area contributed by atoms with E-state index in [2.05, 4.69) is 5.43 Å². The lowest BCUT2D eigenvalue weighted by atomic mass is 10.3. The number of nitrogens with one attached hydrogen (secondary N) is 1. The van der Waals surface area contributed by atoms with Crippen LogP contribution < -0.4 is 17.0 Å². The molecule has 1 aromatic rings. The summed E-state index contributed by atoms with van der Waals surface area (Å²) in [6, 6.07) is 5.32. The van der Waals surface area contributed by atoms with E-state index in [4.69, 9.17) is 23.2 Å². The second kappa shape index (κ2) is 5.98. The zero-order valence-corrected chi connectivity index (χ0v) is 10.4. The first-order valence-corrected chi connectivity index (χ1v) is 6.00. The van der Waals surface area contributed by atoms with Gasteiger partial charge in [-0.15, -0.1) is 11.8 Å². The van der Waals surface area contributed by atoms with Crippen LogP contribution in [0.5, 0.6) is 0 Å². The van der Waals surface area contributed by atoms with Crippen LogP contribution in [-0.2, 0) is 4.79 Å². The Morgan fingerprint density at radius 2 is 2.31 bits per heavy atom. The topological polar surface area (TPSA) is 81.1 Å². The Hall–Kier alpha value is -0.910. The number of anilines is 1. The van der Waals surface area contributed by atoms with E-state index in [1.54, 1.807) is 12.1 Å². The Morgan fingerprint density at radius 1 is 1.62 bits per heavy atom. The Morgan fingerprint density at radius 3 is 2.88 bits per heavy atom. The van der Waals surface area contributed by atoms with E-state index in [9.17, 15) is 4.79 Å². The zero-order valence-electron chi connectivity index (χ0n) is 8.87. The molecule has 0 aliphatic heterocycles. The first-order valence-electron chi connectivity index (χ1n) is 4.74. The van der Waals surface area contributed by atoms with Gasteiger partial charge in [0.15, 0.2) is 0 Å². The number of hydrogen-bond donors (Lipinski definition) is 3. The third-order valence-corrected chi connectivity index (χ3v) is 3.52. The highest BCUT2D eigenvalue weighted by Gasteiger charge is 2.11. The molecule has 0 radical (unpaired) electrons. The Kier molecular flexibility index (Phi) is 4.92. The van der Waals surface area contributed by atoms with E-state index in [-0.39, 0.29) is 11.2 Å². The molecule has 0 saturated carbocycles. The van der Waals surface area contributed by atoms with Crippen molar-refractivity contribution in [1.82, 2.24) is 5.43 Å². The molecule has 1 amide bonds. The van der Waals surface area contributed by atoms with Crippen molar-refractivity contribution in [3.8, 4) is 0 Å². The fraction of sp³-hybridized carbons (Fsp3) is 0.300. The van der Waals surface area contributed by atoms with Gasteiger partial charge < -0.3 is 5.73 Å². The number of nitrogens with two attached hydrogens (primary N) is 2. The molecule has 1 aromatic carbocycles. The van der Waals surface area contributed by atoms with Crippen LogP contribution in [-0.4, -0.2) is 11.2 Å². The Balaban J connectivity index is 2.62. The van der Waals surface area contributed by atoms with Crippen LogP contribution in [0.4, 0.5) is 5.69 Å². The highest BCUT2D eigenvalue weighted by molar-refractivity contribution is 8.00. The van der Waals surface area contributed by atoms with Gasteiger partial charge in [-0.2, -0.15) is 0 Å². The van der Waals surface area contributed by atoms with Crippen LogP contribution in [0.2, 0.25) is 5.02 Å². The molecule has 1 rings (SSSR count). The summed E-state index contributed by atoms with van der Waals surface area (Å²) in [5.74, 6) is 4.82. The lowest BCUT2D eigenvalue weighted by molar-refractivity contribution is -0.121. The van der Waals surface area contributed by atoms with Crippen LogP contribution in [0.1, 0.15) is 13.3 Å². The van der Waals surface area contributed by atoms with Gasteiger partial charge in [-0.3, -0.25) is 10.2 Å². The molecule has 0 aliphatic rings. The fourth-order valence-electron chi connectivity index (χ4n) is 1.19. The summed E-state index contributed by atoms with van der Waals surface area (Å²) in [5, 5.41) is 0.703. The highest BCUT2D eigenvalue weighted by atomic mass is 35.5. The van der Waals surface area contributed by atoms with E-state index in [1.807, 2.05) is 13.0 Å². The minimum absolute atomic E-state index is 0.102. The molecule has 1 unspecified atom stereocenters. The van der Waals surface area contributed by atoms with Crippen molar-refractivity contribution < 1.29 is 4.79 Å². The number of rotatable bonds is 4. The largest absolute Gasteiger partial charge is 0.399 e. The molecule has 0 fully saturated rings. The van der Waals surface area contributed by atoms with E-state index in [0.29, 0.717) is 17.1 Å². The number of thioether (sulfide) groups is 1. The molecule has 0 heterocycles. The molecule has 16 heavy (non-hydrogen) atoms. The minimum atomic E-state index is -0.188. The smallest absolute Gasteiger partial charge is 0.234 e. The number of benzene rings is 1. The van der Waals surface area contributed by atoms with E-state index in [0.717, 1.165) is 4.90 Å². The van der Waals surface area contributed by atoms with Crippen molar-refractivity contribution in [1.29, 1.82) is 0 Å².